The van der Waals surface area contributed by atoms with Gasteiger partial charge >= 0.3 is 11.8 Å². The summed E-state index contributed by atoms with van der Waals surface area (Å²) in [4.78, 5) is 47.7. The minimum absolute atomic E-state index is 0.00452. The SMILES string of the molecule is CNc1ccc([C@]2(C)CC[C@H](C)CN2C(=O)C(=O)Nc2cnc(OC)c(C(N)=O)c2)cn1. The molecule has 10 nitrogen and oxygen atoms in total. The van der Waals surface area contributed by atoms with E-state index in [2.05, 4.69) is 20.6 Å². The van der Waals surface area contributed by atoms with Crippen molar-refractivity contribution in [1.29, 1.82) is 0 Å². The Labute approximate surface area is 186 Å². The Morgan fingerprint density at radius 1 is 1.25 bits per heavy atom. The summed E-state index contributed by atoms with van der Waals surface area (Å²) >= 11 is 0. The third kappa shape index (κ3) is 4.48. The summed E-state index contributed by atoms with van der Waals surface area (Å²) in [5.41, 5.74) is 5.69. The van der Waals surface area contributed by atoms with Crippen LogP contribution in [0.25, 0.3) is 0 Å². The molecule has 3 rings (SSSR count). The number of carbonyl (C=O) groups is 3. The number of likely N-dealkylation sites (tertiary alicyclic amines) is 1. The molecule has 2 aromatic rings. The Kier molecular flexibility index (Phi) is 6.61. The van der Waals surface area contributed by atoms with E-state index in [-0.39, 0.29) is 23.0 Å². The molecule has 3 heterocycles. The molecule has 2 atom stereocenters. The van der Waals surface area contributed by atoms with E-state index in [1.54, 1.807) is 18.1 Å². The lowest BCUT2D eigenvalue weighted by atomic mass is 9.79. The number of hydrogen-bond donors (Lipinski definition) is 3. The van der Waals surface area contributed by atoms with Crippen LogP contribution in [0.1, 0.15) is 42.6 Å². The topological polar surface area (TPSA) is 140 Å². The molecule has 0 saturated carbocycles. The molecule has 0 radical (unpaired) electrons. The Balaban J connectivity index is 1.86. The molecule has 10 heteroatoms. The zero-order chi connectivity index (χ0) is 23.5. The molecule has 1 saturated heterocycles. The molecular weight excluding hydrogens is 412 g/mol. The molecule has 2 aromatic heterocycles. The van der Waals surface area contributed by atoms with Gasteiger partial charge < -0.3 is 26.0 Å². The van der Waals surface area contributed by atoms with Crippen molar-refractivity contribution in [3.63, 3.8) is 0 Å². The molecule has 0 aromatic carbocycles. The Hall–Kier alpha value is -3.69. The van der Waals surface area contributed by atoms with Crippen molar-refractivity contribution >= 4 is 29.2 Å². The number of nitrogens with one attached hydrogen (secondary N) is 2. The average Bonchev–Trinajstić information content (AvgIpc) is 2.80. The van der Waals surface area contributed by atoms with Crippen LogP contribution >= 0.6 is 0 Å². The summed E-state index contributed by atoms with van der Waals surface area (Å²) in [5, 5.41) is 5.50. The first kappa shape index (κ1) is 23.0. The summed E-state index contributed by atoms with van der Waals surface area (Å²) in [7, 11) is 3.14. The second-order valence-corrected chi connectivity index (χ2v) is 8.11. The quantitative estimate of drug-likeness (QED) is 0.602. The van der Waals surface area contributed by atoms with Crippen LogP contribution in [0.4, 0.5) is 11.5 Å². The van der Waals surface area contributed by atoms with Gasteiger partial charge in [-0.2, -0.15) is 0 Å². The Bertz CT molecular complexity index is 1030. The zero-order valence-corrected chi connectivity index (χ0v) is 18.6. The second-order valence-electron chi connectivity index (χ2n) is 8.11. The first-order chi connectivity index (χ1) is 15.2. The van der Waals surface area contributed by atoms with Gasteiger partial charge in [-0.1, -0.05) is 13.0 Å². The summed E-state index contributed by atoms with van der Waals surface area (Å²) in [6.07, 6.45) is 4.64. The number of rotatable bonds is 5. The average molecular weight is 441 g/mol. The van der Waals surface area contributed by atoms with Crippen LogP contribution in [0.5, 0.6) is 5.88 Å². The lowest BCUT2D eigenvalue weighted by Crippen LogP contribution is -2.55. The first-order valence-electron chi connectivity index (χ1n) is 10.3. The van der Waals surface area contributed by atoms with E-state index in [1.807, 2.05) is 26.0 Å². The lowest BCUT2D eigenvalue weighted by molar-refractivity contribution is -0.150. The Morgan fingerprint density at radius 2 is 2.00 bits per heavy atom. The van der Waals surface area contributed by atoms with Crippen LogP contribution < -0.4 is 21.1 Å². The summed E-state index contributed by atoms with van der Waals surface area (Å²) in [5.74, 6) is -1.26. The highest BCUT2D eigenvalue weighted by molar-refractivity contribution is 6.39. The van der Waals surface area contributed by atoms with Crippen LogP contribution in [0.3, 0.4) is 0 Å². The van der Waals surface area contributed by atoms with Crippen LogP contribution in [-0.4, -0.2) is 53.3 Å². The molecule has 1 fully saturated rings. The monoisotopic (exact) mass is 440 g/mol. The molecule has 32 heavy (non-hydrogen) atoms. The number of anilines is 2. The van der Waals surface area contributed by atoms with E-state index >= 15 is 0 Å². The second kappa shape index (κ2) is 9.21. The fraction of sp³-hybridized carbons (Fsp3) is 0.409. The maximum Gasteiger partial charge on any atom is 0.313 e. The number of nitrogens with two attached hydrogens (primary N) is 1. The predicted octanol–water partition coefficient (Wildman–Crippen LogP) is 1.74. The van der Waals surface area contributed by atoms with E-state index in [0.717, 1.165) is 17.8 Å². The van der Waals surface area contributed by atoms with Gasteiger partial charge in [-0.15, -0.1) is 0 Å². The number of aromatic nitrogens is 2. The van der Waals surface area contributed by atoms with Gasteiger partial charge in [-0.25, -0.2) is 9.97 Å². The fourth-order valence-electron chi connectivity index (χ4n) is 3.90. The number of piperidine rings is 1. The molecule has 3 amide bonds. The van der Waals surface area contributed by atoms with Gasteiger partial charge in [0.15, 0.2) is 0 Å². The van der Waals surface area contributed by atoms with Crippen molar-refractivity contribution in [3.05, 3.63) is 41.7 Å². The van der Waals surface area contributed by atoms with Gasteiger partial charge in [-0.05, 0) is 43.4 Å². The maximum absolute atomic E-state index is 13.2. The number of methoxy groups -OCH3 is 1. The number of ether oxygens (including phenoxy) is 1. The van der Waals surface area contributed by atoms with Crippen molar-refractivity contribution in [2.24, 2.45) is 11.7 Å². The van der Waals surface area contributed by atoms with Gasteiger partial charge in [-0.3, -0.25) is 14.4 Å². The molecule has 0 spiro atoms. The van der Waals surface area contributed by atoms with E-state index in [9.17, 15) is 14.4 Å². The van der Waals surface area contributed by atoms with Gasteiger partial charge in [0.05, 0.1) is 24.5 Å². The smallest absolute Gasteiger partial charge is 0.313 e. The van der Waals surface area contributed by atoms with E-state index in [1.165, 1.54) is 19.4 Å². The molecule has 0 bridgehead atoms. The van der Waals surface area contributed by atoms with E-state index in [0.29, 0.717) is 13.0 Å². The molecule has 1 aliphatic rings. The van der Waals surface area contributed by atoms with E-state index in [4.69, 9.17) is 10.5 Å². The highest BCUT2D eigenvalue weighted by atomic mass is 16.5. The van der Waals surface area contributed by atoms with Gasteiger partial charge in [0.1, 0.15) is 11.4 Å². The van der Waals surface area contributed by atoms with Crippen molar-refractivity contribution in [3.8, 4) is 5.88 Å². The van der Waals surface area contributed by atoms with Crippen molar-refractivity contribution in [1.82, 2.24) is 14.9 Å². The minimum atomic E-state index is -0.826. The van der Waals surface area contributed by atoms with Crippen molar-refractivity contribution < 1.29 is 19.1 Å². The largest absolute Gasteiger partial charge is 0.480 e. The molecule has 0 aliphatic carbocycles. The third-order valence-corrected chi connectivity index (χ3v) is 5.86. The van der Waals surface area contributed by atoms with E-state index < -0.39 is 23.3 Å². The van der Waals surface area contributed by atoms with Crippen LogP contribution in [0.15, 0.2) is 30.6 Å². The molecule has 4 N–H and O–H groups in total. The number of hydrogen-bond acceptors (Lipinski definition) is 7. The standard InChI is InChI=1S/C22H28N6O4/c1-13-7-8-22(2,14-5-6-17(24-3)25-10-14)28(12-13)21(31)19(30)27-15-9-16(18(23)29)20(32-4)26-11-15/h5-6,9-11,13H,7-8,12H2,1-4H3,(H2,23,29)(H,24,25)(H,27,30)/t13-,22-/m0/s1. The molecule has 170 valence electrons. The predicted molar refractivity (Wildman–Crippen MR) is 119 cm³/mol. The van der Waals surface area contributed by atoms with Gasteiger partial charge in [0.2, 0.25) is 5.88 Å². The summed E-state index contributed by atoms with van der Waals surface area (Å²) in [6, 6.07) is 5.09. The highest BCUT2D eigenvalue weighted by Crippen LogP contribution is 2.39. The van der Waals surface area contributed by atoms with Crippen LogP contribution in [0, 0.1) is 5.92 Å². The van der Waals surface area contributed by atoms with Crippen LogP contribution in [0.2, 0.25) is 0 Å². The summed E-state index contributed by atoms with van der Waals surface area (Å²) < 4.78 is 5.00. The van der Waals surface area contributed by atoms with Crippen molar-refractivity contribution in [2.75, 3.05) is 31.3 Å². The molecular formula is C22H28N6O4. The molecule has 1 aliphatic heterocycles. The number of nitrogens with zero attached hydrogens (tertiary/aromatic N) is 3. The first-order valence-corrected chi connectivity index (χ1v) is 10.3. The molecule has 0 unspecified atom stereocenters. The third-order valence-electron chi connectivity index (χ3n) is 5.86. The van der Waals surface area contributed by atoms with Gasteiger partial charge in [0.25, 0.3) is 5.91 Å². The fourth-order valence-corrected chi connectivity index (χ4v) is 3.90. The zero-order valence-electron chi connectivity index (χ0n) is 18.6. The summed E-state index contributed by atoms with van der Waals surface area (Å²) in [6.45, 7) is 4.43. The lowest BCUT2D eigenvalue weighted by Gasteiger charge is -2.46. The number of amides is 3. The van der Waals surface area contributed by atoms with Crippen molar-refractivity contribution in [2.45, 2.75) is 32.2 Å². The number of primary amides is 1. The number of carbonyl (C=O) groups excluding carboxylic acids is 3. The van der Waals surface area contributed by atoms with Gasteiger partial charge in [0, 0.05) is 19.8 Å². The minimum Gasteiger partial charge on any atom is -0.480 e. The number of pyridine rings is 2. The Morgan fingerprint density at radius 3 is 2.59 bits per heavy atom. The van der Waals surface area contributed by atoms with Crippen LogP contribution in [-0.2, 0) is 15.1 Å². The normalized spacial score (nSPS) is 20.4. The highest BCUT2D eigenvalue weighted by Gasteiger charge is 2.43. The maximum atomic E-state index is 13.2.